The third-order valence-corrected chi connectivity index (χ3v) is 9.28. The predicted octanol–water partition coefficient (Wildman–Crippen LogP) is 13.5. The summed E-state index contributed by atoms with van der Waals surface area (Å²) < 4.78 is 11.1. The Bertz CT molecular complexity index is 658. The van der Waals surface area contributed by atoms with Crippen molar-refractivity contribution < 1.29 is 19.4 Å². The Labute approximate surface area is 294 Å². The molecule has 278 valence electrons. The molecule has 0 aromatic heterocycles. The fraction of sp³-hybridized carbons (Fsp3) is 0.884. The van der Waals surface area contributed by atoms with Gasteiger partial charge in [-0.25, -0.2) is 0 Å². The van der Waals surface area contributed by atoms with Gasteiger partial charge in [0.2, 0.25) is 0 Å². The Morgan fingerprint density at radius 1 is 0.511 bits per heavy atom. The molecule has 1 atom stereocenters. The summed E-state index contributed by atoms with van der Waals surface area (Å²) in [5, 5.41) is 9.55. The largest absolute Gasteiger partial charge is 0.457 e. The van der Waals surface area contributed by atoms with Gasteiger partial charge in [-0.15, -0.1) is 0 Å². The van der Waals surface area contributed by atoms with Gasteiger partial charge in [0, 0.05) is 13.0 Å². The number of allylic oxidation sites excluding steroid dienone is 4. The molecule has 0 rings (SSSR count). The number of esters is 1. The van der Waals surface area contributed by atoms with Crippen molar-refractivity contribution in [2.45, 2.75) is 225 Å². The van der Waals surface area contributed by atoms with E-state index in [2.05, 4.69) is 38.2 Å². The first-order chi connectivity index (χ1) is 23.2. The standard InChI is InChI=1S/C43H82O4/c1-3-5-7-9-11-13-14-15-16-17-18-19-20-21-22-23-24-25-26-27-28-29-31-33-35-37-39-46-41-42(40-44)47-43(45)38-36-34-32-30-12-10-8-6-4-2/h14-15,17-18,42,44H,3-13,16,19-41H2,1-2H3/b15-14-,18-17-. The maximum atomic E-state index is 12.1. The Morgan fingerprint density at radius 3 is 1.32 bits per heavy atom. The fourth-order valence-corrected chi connectivity index (χ4v) is 6.12. The van der Waals surface area contributed by atoms with Crippen molar-refractivity contribution in [1.29, 1.82) is 0 Å². The molecule has 0 heterocycles. The molecule has 0 saturated carbocycles. The van der Waals surface area contributed by atoms with Crippen molar-refractivity contribution in [3.05, 3.63) is 24.3 Å². The van der Waals surface area contributed by atoms with Crippen molar-refractivity contribution in [2.75, 3.05) is 19.8 Å². The molecule has 0 aliphatic carbocycles. The number of hydrogen-bond donors (Lipinski definition) is 1. The first-order valence-corrected chi connectivity index (χ1v) is 20.9. The topological polar surface area (TPSA) is 55.8 Å². The molecule has 0 saturated heterocycles. The van der Waals surface area contributed by atoms with Crippen LogP contribution in [0.1, 0.15) is 219 Å². The molecule has 0 amide bonds. The van der Waals surface area contributed by atoms with Crippen LogP contribution in [-0.2, 0) is 14.3 Å². The molecule has 4 nitrogen and oxygen atoms in total. The molecule has 0 aliphatic heterocycles. The van der Waals surface area contributed by atoms with Gasteiger partial charge < -0.3 is 14.6 Å². The van der Waals surface area contributed by atoms with Crippen LogP contribution >= 0.6 is 0 Å². The summed E-state index contributed by atoms with van der Waals surface area (Å²) in [5.41, 5.74) is 0. The molecule has 0 aromatic rings. The molecular formula is C43H82O4. The monoisotopic (exact) mass is 663 g/mol. The quantitative estimate of drug-likeness (QED) is 0.0404. The van der Waals surface area contributed by atoms with E-state index in [0.717, 1.165) is 25.7 Å². The first-order valence-electron chi connectivity index (χ1n) is 20.9. The number of aliphatic hydroxyl groups excluding tert-OH is 1. The van der Waals surface area contributed by atoms with Gasteiger partial charge in [-0.1, -0.05) is 192 Å². The van der Waals surface area contributed by atoms with Gasteiger partial charge in [0.15, 0.2) is 0 Å². The first kappa shape index (κ1) is 45.9. The number of carbonyl (C=O) groups is 1. The van der Waals surface area contributed by atoms with Gasteiger partial charge in [0.1, 0.15) is 6.10 Å². The second-order valence-corrected chi connectivity index (χ2v) is 14.1. The highest BCUT2D eigenvalue weighted by atomic mass is 16.6. The third kappa shape index (κ3) is 39.2. The van der Waals surface area contributed by atoms with Crippen molar-refractivity contribution >= 4 is 5.97 Å². The van der Waals surface area contributed by atoms with E-state index in [1.54, 1.807) is 0 Å². The van der Waals surface area contributed by atoms with Crippen LogP contribution in [0, 0.1) is 0 Å². The number of unbranched alkanes of at least 4 members (excludes halogenated alkanes) is 27. The average molecular weight is 663 g/mol. The van der Waals surface area contributed by atoms with Crippen LogP contribution in [0.2, 0.25) is 0 Å². The van der Waals surface area contributed by atoms with Crippen LogP contribution < -0.4 is 0 Å². The molecule has 0 aliphatic rings. The predicted molar refractivity (Wildman–Crippen MR) is 205 cm³/mol. The summed E-state index contributed by atoms with van der Waals surface area (Å²) >= 11 is 0. The number of carbonyl (C=O) groups excluding carboxylic acids is 1. The van der Waals surface area contributed by atoms with Crippen molar-refractivity contribution in [2.24, 2.45) is 0 Å². The highest BCUT2D eigenvalue weighted by Gasteiger charge is 2.13. The van der Waals surface area contributed by atoms with E-state index in [4.69, 9.17) is 9.47 Å². The minimum Gasteiger partial charge on any atom is -0.457 e. The van der Waals surface area contributed by atoms with Crippen molar-refractivity contribution in [3.63, 3.8) is 0 Å². The molecule has 1 unspecified atom stereocenters. The van der Waals surface area contributed by atoms with Crippen LogP contribution in [-0.4, -0.2) is 37.0 Å². The lowest BCUT2D eigenvalue weighted by atomic mass is 10.0. The summed E-state index contributed by atoms with van der Waals surface area (Å²) in [5.74, 6) is -0.202. The number of hydrogen-bond acceptors (Lipinski definition) is 4. The highest BCUT2D eigenvalue weighted by molar-refractivity contribution is 5.69. The van der Waals surface area contributed by atoms with Crippen LogP contribution in [0.15, 0.2) is 24.3 Å². The number of aliphatic hydroxyl groups is 1. The zero-order chi connectivity index (χ0) is 34.1. The SMILES string of the molecule is CCCCCCC/C=C\C/C=C\CCCCCCCCCCCCCCCCOCC(CO)OC(=O)CCCCCCCCCCC. The maximum Gasteiger partial charge on any atom is 0.306 e. The normalized spacial score (nSPS) is 12.5. The van der Waals surface area contributed by atoms with Crippen LogP contribution in [0.5, 0.6) is 0 Å². The van der Waals surface area contributed by atoms with E-state index in [0.29, 0.717) is 19.6 Å². The molecular weight excluding hydrogens is 580 g/mol. The number of ether oxygens (including phenoxy) is 2. The lowest BCUT2D eigenvalue weighted by molar-refractivity contribution is -0.154. The zero-order valence-corrected chi connectivity index (χ0v) is 31.8. The molecule has 1 N–H and O–H groups in total. The van der Waals surface area contributed by atoms with Crippen molar-refractivity contribution in [1.82, 2.24) is 0 Å². The van der Waals surface area contributed by atoms with E-state index >= 15 is 0 Å². The lowest BCUT2D eigenvalue weighted by Crippen LogP contribution is -2.27. The van der Waals surface area contributed by atoms with Gasteiger partial charge in [0.25, 0.3) is 0 Å². The molecule has 0 aromatic carbocycles. The fourth-order valence-electron chi connectivity index (χ4n) is 6.12. The van der Waals surface area contributed by atoms with Gasteiger partial charge >= 0.3 is 5.97 Å². The van der Waals surface area contributed by atoms with E-state index in [1.165, 1.54) is 173 Å². The van der Waals surface area contributed by atoms with Gasteiger partial charge in [-0.05, 0) is 44.9 Å². The second-order valence-electron chi connectivity index (χ2n) is 14.1. The summed E-state index contributed by atoms with van der Waals surface area (Å²) in [6.07, 6.45) is 49.6. The molecule has 0 fully saturated rings. The van der Waals surface area contributed by atoms with Gasteiger partial charge in [-0.2, -0.15) is 0 Å². The van der Waals surface area contributed by atoms with Crippen LogP contribution in [0.3, 0.4) is 0 Å². The highest BCUT2D eigenvalue weighted by Crippen LogP contribution is 2.14. The Morgan fingerprint density at radius 2 is 0.894 bits per heavy atom. The Balaban J connectivity index is 3.34. The Hall–Kier alpha value is -1.13. The second kappa shape index (κ2) is 41.0. The molecule has 0 spiro atoms. The van der Waals surface area contributed by atoms with Crippen LogP contribution in [0.25, 0.3) is 0 Å². The molecule has 0 bridgehead atoms. The minimum atomic E-state index is -0.527. The Kier molecular flexibility index (Phi) is 40.1. The van der Waals surface area contributed by atoms with E-state index in [9.17, 15) is 9.90 Å². The van der Waals surface area contributed by atoms with Gasteiger partial charge in [-0.3, -0.25) is 4.79 Å². The smallest absolute Gasteiger partial charge is 0.306 e. The molecule has 0 radical (unpaired) electrons. The average Bonchev–Trinajstić information content (AvgIpc) is 3.08. The van der Waals surface area contributed by atoms with E-state index in [1.807, 2.05) is 0 Å². The minimum absolute atomic E-state index is 0.168. The molecule has 47 heavy (non-hydrogen) atoms. The zero-order valence-electron chi connectivity index (χ0n) is 31.8. The lowest BCUT2D eigenvalue weighted by Gasteiger charge is -2.16. The molecule has 4 heteroatoms. The van der Waals surface area contributed by atoms with Crippen molar-refractivity contribution in [3.8, 4) is 0 Å². The summed E-state index contributed by atoms with van der Waals surface area (Å²) in [6, 6.07) is 0. The van der Waals surface area contributed by atoms with Gasteiger partial charge in [0.05, 0.1) is 13.2 Å². The summed E-state index contributed by atoms with van der Waals surface area (Å²) in [4.78, 5) is 12.1. The third-order valence-electron chi connectivity index (χ3n) is 9.28. The maximum absolute atomic E-state index is 12.1. The summed E-state index contributed by atoms with van der Waals surface area (Å²) in [7, 11) is 0. The van der Waals surface area contributed by atoms with E-state index in [-0.39, 0.29) is 12.6 Å². The number of rotatable bonds is 39. The van der Waals surface area contributed by atoms with Crippen LogP contribution in [0.4, 0.5) is 0 Å². The summed E-state index contributed by atoms with van der Waals surface area (Å²) in [6.45, 7) is 5.34. The van der Waals surface area contributed by atoms with E-state index < -0.39 is 6.10 Å².